The number of nitrogens with zero attached hydrogens (tertiary/aromatic N) is 1. The first-order chi connectivity index (χ1) is 2.27. The highest BCUT2D eigenvalue weighted by atomic mass is 16.1. The van der Waals surface area contributed by atoms with Crippen LogP contribution in [0.3, 0.4) is 0 Å². The quantitative estimate of drug-likeness (QED) is 0.376. The zero-order valence-corrected chi connectivity index (χ0v) is 3.06. The fraction of sp³-hybridized carbons (Fsp3) is 0.333. The molecule has 0 aromatic heterocycles. The molecule has 0 rings (SSSR count). The largest absolute Gasteiger partial charge is 0.273 e. The zero-order chi connectivity index (χ0) is 4.28. The fourth-order valence-electron chi connectivity index (χ4n) is 0. The molecule has 1 amide bonds. The van der Waals surface area contributed by atoms with Crippen LogP contribution >= 0.6 is 0 Å². The topological polar surface area (TPSA) is 29.4 Å². The average molecular weight is 71.1 g/mol. The second kappa shape index (κ2) is 1.64. The molecule has 0 aromatic carbocycles. The van der Waals surface area contributed by atoms with E-state index in [1.807, 2.05) is 0 Å². The van der Waals surface area contributed by atoms with Crippen LogP contribution in [0.1, 0.15) is 6.92 Å². The summed E-state index contributed by atoms with van der Waals surface area (Å²) in [5.41, 5.74) is 0. The predicted octanol–water partition coefficient (Wildman–Crippen LogP) is 0.233. The van der Waals surface area contributed by atoms with Gasteiger partial charge in [-0.15, -0.1) is 0 Å². The van der Waals surface area contributed by atoms with Crippen LogP contribution in [0.25, 0.3) is 0 Å². The van der Waals surface area contributed by atoms with Crippen LogP contribution in [0.4, 0.5) is 0 Å². The molecule has 28 valence electrons. The maximum atomic E-state index is 9.58. The number of hydrogen-bond acceptors (Lipinski definition) is 1. The molecular formula is C3H5NO. The maximum Gasteiger partial charge on any atom is 0.241 e. The van der Waals surface area contributed by atoms with E-state index in [1.165, 1.54) is 6.92 Å². The van der Waals surface area contributed by atoms with E-state index in [0.29, 0.717) is 0 Å². The van der Waals surface area contributed by atoms with Gasteiger partial charge < -0.3 is 0 Å². The van der Waals surface area contributed by atoms with Crippen molar-refractivity contribution in [2.45, 2.75) is 6.92 Å². The van der Waals surface area contributed by atoms with Crippen LogP contribution in [-0.2, 0) is 4.79 Å². The Morgan fingerprint density at radius 3 is 2.20 bits per heavy atom. The third-order valence-corrected chi connectivity index (χ3v) is 0.223. The molecule has 0 heterocycles. The first-order valence-corrected chi connectivity index (χ1v) is 1.24. The lowest BCUT2D eigenvalue weighted by Gasteiger charge is -1.64. The molecule has 0 aromatic rings. The van der Waals surface area contributed by atoms with Gasteiger partial charge in [0.1, 0.15) is 0 Å². The minimum absolute atomic E-state index is 0.231. The van der Waals surface area contributed by atoms with Gasteiger partial charge in [-0.3, -0.25) is 4.79 Å². The molecule has 0 spiro atoms. The Labute approximate surface area is 30.5 Å². The van der Waals surface area contributed by atoms with E-state index in [1.54, 1.807) is 0 Å². The molecule has 0 saturated carbocycles. The summed E-state index contributed by atoms with van der Waals surface area (Å²) in [5.74, 6) is -0.231. The van der Waals surface area contributed by atoms with E-state index in [9.17, 15) is 4.79 Å². The Hall–Kier alpha value is -0.660. The van der Waals surface area contributed by atoms with Crippen LogP contribution in [0.2, 0.25) is 0 Å². The molecule has 0 aliphatic rings. The molecular weight excluding hydrogens is 66.0 g/mol. The molecule has 0 saturated heterocycles. The van der Waals surface area contributed by atoms with Gasteiger partial charge in [-0.2, -0.15) is 0 Å². The molecule has 5 heavy (non-hydrogen) atoms. The third-order valence-electron chi connectivity index (χ3n) is 0.223. The molecule has 0 aliphatic carbocycles. The second-order valence-corrected chi connectivity index (χ2v) is 0.677. The zero-order valence-electron chi connectivity index (χ0n) is 3.06. The molecule has 0 fully saturated rings. The Morgan fingerprint density at radius 2 is 2.20 bits per heavy atom. The SMILES string of the molecule is C=NC(C)=O. The van der Waals surface area contributed by atoms with Crippen molar-refractivity contribution >= 4 is 12.6 Å². The van der Waals surface area contributed by atoms with Crippen molar-refractivity contribution in [3.05, 3.63) is 0 Å². The van der Waals surface area contributed by atoms with Gasteiger partial charge >= 0.3 is 0 Å². The Kier molecular flexibility index (Phi) is 1.42. The highest BCUT2D eigenvalue weighted by molar-refractivity contribution is 5.77. The van der Waals surface area contributed by atoms with Crippen molar-refractivity contribution in [3.8, 4) is 0 Å². The van der Waals surface area contributed by atoms with Gasteiger partial charge in [0.2, 0.25) is 5.91 Å². The Morgan fingerprint density at radius 1 is 2.00 bits per heavy atom. The van der Waals surface area contributed by atoms with Crippen molar-refractivity contribution in [2.24, 2.45) is 4.99 Å². The van der Waals surface area contributed by atoms with Gasteiger partial charge in [0.15, 0.2) is 0 Å². The van der Waals surface area contributed by atoms with Gasteiger partial charge in [-0.25, -0.2) is 4.99 Å². The van der Waals surface area contributed by atoms with Crippen molar-refractivity contribution in [2.75, 3.05) is 0 Å². The van der Waals surface area contributed by atoms with Gasteiger partial charge in [0.25, 0.3) is 0 Å². The number of hydrogen-bond donors (Lipinski definition) is 0. The summed E-state index contributed by atoms with van der Waals surface area (Å²) in [6.45, 7) is 4.31. The number of carbonyl (C=O) groups excluding carboxylic acids is 1. The van der Waals surface area contributed by atoms with Gasteiger partial charge in [0.05, 0.1) is 0 Å². The lowest BCUT2D eigenvalue weighted by atomic mass is 10.8. The highest BCUT2D eigenvalue weighted by Crippen LogP contribution is 1.59. The maximum absolute atomic E-state index is 9.58. The lowest BCUT2D eigenvalue weighted by Crippen LogP contribution is -1.75. The predicted molar refractivity (Wildman–Crippen MR) is 20.2 cm³/mol. The van der Waals surface area contributed by atoms with Crippen molar-refractivity contribution in [1.82, 2.24) is 0 Å². The number of aliphatic imine (C=N–C) groups is 1. The van der Waals surface area contributed by atoms with E-state index in [2.05, 4.69) is 11.7 Å². The summed E-state index contributed by atoms with van der Waals surface area (Å²) in [6, 6.07) is 0. The van der Waals surface area contributed by atoms with Crippen LogP contribution in [-0.4, -0.2) is 12.6 Å². The molecule has 2 nitrogen and oxygen atoms in total. The summed E-state index contributed by atoms with van der Waals surface area (Å²) in [4.78, 5) is 12.6. The standard InChI is InChI=1S/C3H5NO/c1-3(5)4-2/h2H2,1H3. The van der Waals surface area contributed by atoms with Crippen molar-refractivity contribution < 1.29 is 4.79 Å². The van der Waals surface area contributed by atoms with E-state index in [4.69, 9.17) is 0 Å². The number of amides is 1. The summed E-state index contributed by atoms with van der Waals surface area (Å²) >= 11 is 0. The molecule has 0 radical (unpaired) electrons. The molecule has 0 N–H and O–H groups in total. The molecule has 0 bridgehead atoms. The summed E-state index contributed by atoms with van der Waals surface area (Å²) in [6.07, 6.45) is 0. The average Bonchev–Trinajstić information content (AvgIpc) is 1.38. The van der Waals surface area contributed by atoms with Gasteiger partial charge in [0, 0.05) is 6.92 Å². The van der Waals surface area contributed by atoms with E-state index < -0.39 is 0 Å². The van der Waals surface area contributed by atoms with Crippen LogP contribution in [0.5, 0.6) is 0 Å². The minimum atomic E-state index is -0.231. The van der Waals surface area contributed by atoms with E-state index in [0.717, 1.165) is 0 Å². The van der Waals surface area contributed by atoms with Crippen molar-refractivity contribution in [3.63, 3.8) is 0 Å². The second-order valence-electron chi connectivity index (χ2n) is 0.677. The Bertz CT molecular complexity index is 57.9. The summed E-state index contributed by atoms with van der Waals surface area (Å²) in [7, 11) is 0. The normalized spacial score (nSPS) is 6.60. The molecule has 2 heteroatoms. The molecule has 0 atom stereocenters. The van der Waals surface area contributed by atoms with Gasteiger partial charge in [-0.1, -0.05) is 0 Å². The van der Waals surface area contributed by atoms with Crippen LogP contribution in [0, 0.1) is 0 Å². The summed E-state index contributed by atoms with van der Waals surface area (Å²) < 4.78 is 0. The first kappa shape index (κ1) is 4.34. The number of rotatable bonds is 0. The highest BCUT2D eigenvalue weighted by Gasteiger charge is 1.70. The van der Waals surface area contributed by atoms with E-state index >= 15 is 0 Å². The van der Waals surface area contributed by atoms with Crippen LogP contribution < -0.4 is 0 Å². The molecule has 0 aliphatic heterocycles. The minimum Gasteiger partial charge on any atom is -0.273 e. The summed E-state index contributed by atoms with van der Waals surface area (Å²) in [5, 5.41) is 0. The van der Waals surface area contributed by atoms with Crippen molar-refractivity contribution in [1.29, 1.82) is 0 Å². The first-order valence-electron chi connectivity index (χ1n) is 1.24. The van der Waals surface area contributed by atoms with Gasteiger partial charge in [-0.05, 0) is 6.72 Å². The lowest BCUT2D eigenvalue weighted by molar-refractivity contribution is -0.115. The fourth-order valence-corrected chi connectivity index (χ4v) is 0. The monoisotopic (exact) mass is 71.0 g/mol. The smallest absolute Gasteiger partial charge is 0.241 e. The molecule has 0 unspecified atom stereocenters. The Balaban J connectivity index is 3.20. The third kappa shape index (κ3) is 3.34. The van der Waals surface area contributed by atoms with E-state index in [-0.39, 0.29) is 5.91 Å². The van der Waals surface area contributed by atoms with Crippen LogP contribution in [0.15, 0.2) is 4.99 Å². The number of carbonyl (C=O) groups is 1.